The minimum absolute atomic E-state index is 0.379. The second-order valence-electron chi connectivity index (χ2n) is 3.70. The molecule has 0 aliphatic carbocycles. The Labute approximate surface area is 101 Å². The molecule has 0 saturated carbocycles. The maximum atomic E-state index is 9.57. The zero-order valence-electron chi connectivity index (χ0n) is 9.66. The molecule has 4 nitrogen and oxygen atoms in total. The lowest BCUT2D eigenvalue weighted by Crippen LogP contribution is -2.27. The first-order chi connectivity index (χ1) is 8.27. The summed E-state index contributed by atoms with van der Waals surface area (Å²) in [5, 5.41) is 18.0. The highest BCUT2D eigenvalue weighted by atomic mass is 17.1. The first-order valence-electron chi connectivity index (χ1n) is 5.50. The summed E-state index contributed by atoms with van der Waals surface area (Å²) in [6, 6.07) is 9.78. The fourth-order valence-corrected chi connectivity index (χ4v) is 1.40. The van der Waals surface area contributed by atoms with E-state index in [0.717, 1.165) is 5.56 Å². The third-order valence-electron chi connectivity index (χ3n) is 2.40. The van der Waals surface area contributed by atoms with Crippen molar-refractivity contribution in [3.63, 3.8) is 0 Å². The average Bonchev–Trinajstić information content (AvgIpc) is 2.37. The number of hydrogen-bond acceptors (Lipinski definition) is 4. The van der Waals surface area contributed by atoms with Gasteiger partial charge in [0.05, 0.1) is 12.7 Å². The van der Waals surface area contributed by atoms with E-state index in [4.69, 9.17) is 9.99 Å². The number of aliphatic hydroxyl groups excluding tert-OH is 1. The van der Waals surface area contributed by atoms with Gasteiger partial charge in [-0.25, -0.2) is 4.89 Å². The van der Waals surface area contributed by atoms with Crippen LogP contribution in [0.15, 0.2) is 43.0 Å². The van der Waals surface area contributed by atoms with Crippen LogP contribution in [-0.2, 0) is 16.2 Å². The van der Waals surface area contributed by atoms with Gasteiger partial charge >= 0.3 is 0 Å². The molecule has 0 heterocycles. The van der Waals surface area contributed by atoms with Gasteiger partial charge in [0.25, 0.3) is 0 Å². The number of ether oxygens (including phenoxy) is 1. The molecule has 2 N–H and O–H groups in total. The second-order valence-corrected chi connectivity index (χ2v) is 3.70. The standard InChI is InChI=1S/C13H18O4/c1-2-13(17-15)12(14)8-9-16-10-11-6-4-3-5-7-11/h2-7,12-15H,1,8-10H2/t12-,13+/m0/s1. The lowest BCUT2D eigenvalue weighted by atomic mass is 10.1. The number of hydrogen-bond donors (Lipinski definition) is 2. The van der Waals surface area contributed by atoms with Crippen LogP contribution in [0.2, 0.25) is 0 Å². The normalized spacial score (nSPS) is 14.2. The summed E-state index contributed by atoms with van der Waals surface area (Å²) in [7, 11) is 0. The molecular weight excluding hydrogens is 220 g/mol. The third kappa shape index (κ3) is 5.10. The summed E-state index contributed by atoms with van der Waals surface area (Å²) in [6.07, 6.45) is 0.148. The molecule has 0 bridgehead atoms. The van der Waals surface area contributed by atoms with Crippen molar-refractivity contribution in [3.8, 4) is 0 Å². The van der Waals surface area contributed by atoms with Crippen molar-refractivity contribution >= 4 is 0 Å². The average molecular weight is 238 g/mol. The first kappa shape index (κ1) is 13.9. The van der Waals surface area contributed by atoms with Crippen LogP contribution in [0.3, 0.4) is 0 Å². The van der Waals surface area contributed by atoms with Crippen molar-refractivity contribution in [1.82, 2.24) is 0 Å². The largest absolute Gasteiger partial charge is 0.390 e. The molecule has 0 radical (unpaired) electrons. The zero-order valence-corrected chi connectivity index (χ0v) is 9.66. The molecule has 4 heteroatoms. The molecule has 17 heavy (non-hydrogen) atoms. The minimum Gasteiger partial charge on any atom is -0.390 e. The van der Waals surface area contributed by atoms with E-state index in [1.807, 2.05) is 30.3 Å². The fourth-order valence-electron chi connectivity index (χ4n) is 1.40. The third-order valence-corrected chi connectivity index (χ3v) is 2.40. The molecule has 0 fully saturated rings. The van der Waals surface area contributed by atoms with E-state index in [1.165, 1.54) is 6.08 Å². The van der Waals surface area contributed by atoms with Gasteiger partial charge in [-0.05, 0) is 12.0 Å². The molecule has 1 rings (SSSR count). The van der Waals surface area contributed by atoms with Crippen LogP contribution in [-0.4, -0.2) is 29.2 Å². The Morgan fingerprint density at radius 2 is 2.00 bits per heavy atom. The van der Waals surface area contributed by atoms with Crippen molar-refractivity contribution in [1.29, 1.82) is 0 Å². The summed E-state index contributed by atoms with van der Waals surface area (Å²) in [4.78, 5) is 4.05. The van der Waals surface area contributed by atoms with Crippen LogP contribution in [0.4, 0.5) is 0 Å². The van der Waals surface area contributed by atoms with Crippen LogP contribution < -0.4 is 0 Å². The SMILES string of the molecule is C=C[C@@H](OO)[C@@H](O)CCOCc1ccccc1. The summed E-state index contributed by atoms with van der Waals surface area (Å²) in [6.45, 7) is 4.34. The van der Waals surface area contributed by atoms with E-state index in [2.05, 4.69) is 11.5 Å². The van der Waals surface area contributed by atoms with Gasteiger partial charge in [0.1, 0.15) is 6.10 Å². The lowest BCUT2D eigenvalue weighted by Gasteiger charge is -2.16. The van der Waals surface area contributed by atoms with E-state index in [0.29, 0.717) is 19.6 Å². The van der Waals surface area contributed by atoms with Gasteiger partial charge in [-0.15, -0.1) is 6.58 Å². The quantitative estimate of drug-likeness (QED) is 0.315. The predicted octanol–water partition coefficient (Wildman–Crippen LogP) is 2.00. The molecule has 2 atom stereocenters. The highest BCUT2D eigenvalue weighted by Crippen LogP contribution is 2.06. The van der Waals surface area contributed by atoms with Crippen molar-refractivity contribution in [2.24, 2.45) is 0 Å². The molecule has 0 aliphatic heterocycles. The van der Waals surface area contributed by atoms with E-state index in [9.17, 15) is 5.11 Å². The highest BCUT2D eigenvalue weighted by Gasteiger charge is 2.16. The summed E-state index contributed by atoms with van der Waals surface area (Å²) < 4.78 is 5.40. The Morgan fingerprint density at radius 1 is 1.29 bits per heavy atom. The topological polar surface area (TPSA) is 58.9 Å². The molecule has 94 valence electrons. The van der Waals surface area contributed by atoms with Crippen LogP contribution in [0, 0.1) is 0 Å². The Balaban J connectivity index is 2.18. The van der Waals surface area contributed by atoms with E-state index < -0.39 is 12.2 Å². The van der Waals surface area contributed by atoms with Gasteiger partial charge in [-0.2, -0.15) is 0 Å². The van der Waals surface area contributed by atoms with Gasteiger partial charge in [0.15, 0.2) is 0 Å². The van der Waals surface area contributed by atoms with E-state index in [1.54, 1.807) is 0 Å². The molecule has 0 unspecified atom stereocenters. The molecule has 0 spiro atoms. The number of benzene rings is 1. The molecule has 1 aromatic carbocycles. The summed E-state index contributed by atoms with van der Waals surface area (Å²) in [5.41, 5.74) is 1.08. The molecule has 0 amide bonds. The molecule has 0 aromatic heterocycles. The van der Waals surface area contributed by atoms with Crippen molar-refractivity contribution in [3.05, 3.63) is 48.6 Å². The van der Waals surface area contributed by atoms with Gasteiger partial charge in [0, 0.05) is 6.61 Å². The number of rotatable bonds is 8. The highest BCUT2D eigenvalue weighted by molar-refractivity contribution is 5.13. The van der Waals surface area contributed by atoms with Crippen LogP contribution in [0.25, 0.3) is 0 Å². The second kappa shape index (κ2) is 7.97. The van der Waals surface area contributed by atoms with Crippen molar-refractivity contribution in [2.75, 3.05) is 6.61 Å². The summed E-state index contributed by atoms with van der Waals surface area (Å²) in [5.74, 6) is 0. The van der Waals surface area contributed by atoms with Crippen molar-refractivity contribution in [2.45, 2.75) is 25.2 Å². The maximum absolute atomic E-state index is 9.57. The van der Waals surface area contributed by atoms with Crippen LogP contribution in [0.5, 0.6) is 0 Å². The van der Waals surface area contributed by atoms with Crippen LogP contribution in [0.1, 0.15) is 12.0 Å². The van der Waals surface area contributed by atoms with Crippen molar-refractivity contribution < 1.29 is 20.0 Å². The summed E-state index contributed by atoms with van der Waals surface area (Å²) >= 11 is 0. The van der Waals surface area contributed by atoms with Gasteiger partial charge in [-0.1, -0.05) is 36.4 Å². The Kier molecular flexibility index (Phi) is 6.50. The fraction of sp³-hybridized carbons (Fsp3) is 0.385. The molecule has 0 saturated heterocycles. The minimum atomic E-state index is -0.812. The monoisotopic (exact) mass is 238 g/mol. The zero-order chi connectivity index (χ0) is 12.5. The molecule has 1 aromatic rings. The molecular formula is C13H18O4. The first-order valence-corrected chi connectivity index (χ1v) is 5.50. The Morgan fingerprint density at radius 3 is 2.59 bits per heavy atom. The Hall–Kier alpha value is -1.20. The smallest absolute Gasteiger partial charge is 0.136 e. The van der Waals surface area contributed by atoms with Gasteiger partial charge in [0.2, 0.25) is 0 Å². The Bertz CT molecular complexity index is 312. The van der Waals surface area contributed by atoms with Crippen LogP contribution >= 0.6 is 0 Å². The number of aliphatic hydroxyl groups is 1. The lowest BCUT2D eigenvalue weighted by molar-refractivity contribution is -0.283. The van der Waals surface area contributed by atoms with E-state index >= 15 is 0 Å². The predicted molar refractivity (Wildman–Crippen MR) is 64.4 cm³/mol. The maximum Gasteiger partial charge on any atom is 0.136 e. The van der Waals surface area contributed by atoms with Gasteiger partial charge in [-0.3, -0.25) is 5.26 Å². The molecule has 0 aliphatic rings. The van der Waals surface area contributed by atoms with Gasteiger partial charge < -0.3 is 9.84 Å². The van der Waals surface area contributed by atoms with E-state index in [-0.39, 0.29) is 0 Å².